The van der Waals surface area contributed by atoms with Crippen molar-refractivity contribution in [3.05, 3.63) is 28.6 Å². The molecular formula is C15H16BrNO3. The molecule has 4 nitrogen and oxygen atoms in total. The first-order chi connectivity index (χ1) is 9.56. The Morgan fingerprint density at radius 1 is 1.40 bits per heavy atom. The molecular weight excluding hydrogens is 322 g/mol. The SMILES string of the molecule is O=C(O)CC1(Cc2nc3cc(Br)ccc3o2)CCCC1. The van der Waals surface area contributed by atoms with Crippen LogP contribution in [0.3, 0.4) is 0 Å². The zero-order valence-electron chi connectivity index (χ0n) is 11.1. The lowest BCUT2D eigenvalue weighted by Gasteiger charge is -2.25. The van der Waals surface area contributed by atoms with Crippen LogP contribution in [0.25, 0.3) is 11.1 Å². The standard InChI is InChI=1S/C15H16BrNO3/c16-10-3-4-12-11(7-10)17-13(20-12)8-15(9-14(18)19)5-1-2-6-15/h3-4,7H,1-2,5-6,8-9H2,(H,18,19). The van der Waals surface area contributed by atoms with Gasteiger partial charge >= 0.3 is 5.97 Å². The van der Waals surface area contributed by atoms with E-state index in [9.17, 15) is 4.79 Å². The summed E-state index contributed by atoms with van der Waals surface area (Å²) >= 11 is 3.41. The Balaban J connectivity index is 1.88. The zero-order valence-corrected chi connectivity index (χ0v) is 12.6. The van der Waals surface area contributed by atoms with E-state index in [-0.39, 0.29) is 11.8 Å². The summed E-state index contributed by atoms with van der Waals surface area (Å²) in [6.07, 6.45) is 4.91. The number of fused-ring (bicyclic) bond motifs is 1. The van der Waals surface area contributed by atoms with Crippen LogP contribution in [0.2, 0.25) is 0 Å². The molecule has 20 heavy (non-hydrogen) atoms. The molecule has 1 heterocycles. The smallest absolute Gasteiger partial charge is 0.303 e. The molecule has 0 atom stereocenters. The molecule has 0 spiro atoms. The molecule has 0 radical (unpaired) electrons. The summed E-state index contributed by atoms with van der Waals surface area (Å²) in [4.78, 5) is 15.6. The highest BCUT2D eigenvalue weighted by Gasteiger charge is 2.37. The predicted octanol–water partition coefficient (Wildman–Crippen LogP) is 4.17. The van der Waals surface area contributed by atoms with Gasteiger partial charge in [-0.05, 0) is 36.5 Å². The normalized spacial score (nSPS) is 17.6. The zero-order chi connectivity index (χ0) is 14.2. The highest BCUT2D eigenvalue weighted by Crippen LogP contribution is 2.44. The number of carboxylic acid groups (broad SMARTS) is 1. The van der Waals surface area contributed by atoms with Gasteiger partial charge in [-0.15, -0.1) is 0 Å². The van der Waals surface area contributed by atoms with Gasteiger partial charge in [0.05, 0.1) is 6.42 Å². The minimum Gasteiger partial charge on any atom is -0.481 e. The second-order valence-electron chi connectivity index (χ2n) is 5.67. The fourth-order valence-corrected chi connectivity index (χ4v) is 3.56. The molecule has 0 saturated heterocycles. The molecule has 1 aliphatic carbocycles. The third-order valence-corrected chi connectivity index (χ3v) is 4.60. The van der Waals surface area contributed by atoms with E-state index in [1.54, 1.807) is 0 Å². The van der Waals surface area contributed by atoms with E-state index in [0.29, 0.717) is 12.3 Å². The monoisotopic (exact) mass is 337 g/mol. The molecule has 106 valence electrons. The molecule has 1 aliphatic rings. The minimum absolute atomic E-state index is 0.177. The van der Waals surface area contributed by atoms with Crippen LogP contribution in [-0.4, -0.2) is 16.1 Å². The maximum absolute atomic E-state index is 11.1. The molecule has 2 aromatic rings. The van der Waals surface area contributed by atoms with Crippen molar-refractivity contribution in [3.63, 3.8) is 0 Å². The number of nitrogens with zero attached hydrogens (tertiary/aromatic N) is 1. The first kappa shape index (κ1) is 13.6. The van der Waals surface area contributed by atoms with Crippen molar-refractivity contribution < 1.29 is 14.3 Å². The Kier molecular flexibility index (Phi) is 3.54. The molecule has 0 amide bonds. The van der Waals surface area contributed by atoms with Crippen LogP contribution in [-0.2, 0) is 11.2 Å². The van der Waals surface area contributed by atoms with E-state index in [1.165, 1.54) is 0 Å². The van der Waals surface area contributed by atoms with E-state index in [1.807, 2.05) is 18.2 Å². The Labute approximate surface area is 125 Å². The third-order valence-electron chi connectivity index (χ3n) is 4.11. The van der Waals surface area contributed by atoms with E-state index in [2.05, 4.69) is 20.9 Å². The number of aliphatic carboxylic acids is 1. The molecule has 1 saturated carbocycles. The lowest BCUT2D eigenvalue weighted by molar-refractivity contribution is -0.139. The number of halogens is 1. The van der Waals surface area contributed by atoms with Gasteiger partial charge < -0.3 is 9.52 Å². The van der Waals surface area contributed by atoms with E-state index >= 15 is 0 Å². The van der Waals surface area contributed by atoms with Crippen molar-refractivity contribution in [1.82, 2.24) is 4.98 Å². The number of carboxylic acids is 1. The van der Waals surface area contributed by atoms with Crippen molar-refractivity contribution in [2.45, 2.75) is 38.5 Å². The fraction of sp³-hybridized carbons (Fsp3) is 0.467. The summed E-state index contributed by atoms with van der Waals surface area (Å²) in [5, 5.41) is 9.14. The highest BCUT2D eigenvalue weighted by atomic mass is 79.9. The second kappa shape index (κ2) is 5.20. The Morgan fingerprint density at radius 2 is 2.15 bits per heavy atom. The van der Waals surface area contributed by atoms with Gasteiger partial charge in [0.15, 0.2) is 11.5 Å². The van der Waals surface area contributed by atoms with Crippen molar-refractivity contribution in [2.24, 2.45) is 5.41 Å². The summed E-state index contributed by atoms with van der Waals surface area (Å²) in [5.74, 6) is -0.0768. The summed E-state index contributed by atoms with van der Waals surface area (Å²) in [6, 6.07) is 5.72. The molecule has 5 heteroatoms. The number of rotatable bonds is 4. The van der Waals surface area contributed by atoms with Crippen molar-refractivity contribution in [2.75, 3.05) is 0 Å². The molecule has 0 bridgehead atoms. The Morgan fingerprint density at radius 3 is 2.85 bits per heavy atom. The third kappa shape index (κ3) is 2.73. The van der Waals surface area contributed by atoms with E-state index in [0.717, 1.165) is 41.3 Å². The summed E-state index contributed by atoms with van der Waals surface area (Å²) in [5.41, 5.74) is 1.40. The topological polar surface area (TPSA) is 63.3 Å². The first-order valence-corrected chi connectivity index (χ1v) is 7.62. The quantitative estimate of drug-likeness (QED) is 0.909. The van der Waals surface area contributed by atoms with E-state index in [4.69, 9.17) is 9.52 Å². The molecule has 1 aromatic carbocycles. The van der Waals surface area contributed by atoms with Gasteiger partial charge in [0.25, 0.3) is 0 Å². The van der Waals surface area contributed by atoms with Crippen LogP contribution in [0.4, 0.5) is 0 Å². The molecule has 1 fully saturated rings. The average Bonchev–Trinajstić information content (AvgIpc) is 2.94. The highest BCUT2D eigenvalue weighted by molar-refractivity contribution is 9.10. The van der Waals surface area contributed by atoms with Gasteiger partial charge in [-0.1, -0.05) is 28.8 Å². The van der Waals surface area contributed by atoms with Crippen LogP contribution in [0, 0.1) is 5.41 Å². The summed E-state index contributed by atoms with van der Waals surface area (Å²) < 4.78 is 6.73. The Bertz CT molecular complexity index is 644. The predicted molar refractivity (Wildman–Crippen MR) is 78.6 cm³/mol. The average molecular weight is 338 g/mol. The van der Waals surface area contributed by atoms with Crippen LogP contribution in [0.5, 0.6) is 0 Å². The van der Waals surface area contributed by atoms with Gasteiger partial charge in [-0.25, -0.2) is 4.98 Å². The number of aromatic nitrogens is 1. The number of hydrogen-bond acceptors (Lipinski definition) is 3. The molecule has 0 aliphatic heterocycles. The van der Waals surface area contributed by atoms with Gasteiger partial charge in [0.2, 0.25) is 0 Å². The summed E-state index contributed by atoms with van der Waals surface area (Å²) in [7, 11) is 0. The summed E-state index contributed by atoms with van der Waals surface area (Å²) in [6.45, 7) is 0. The maximum Gasteiger partial charge on any atom is 0.303 e. The molecule has 1 N–H and O–H groups in total. The number of benzene rings is 1. The van der Waals surface area contributed by atoms with Crippen LogP contribution in [0.15, 0.2) is 27.1 Å². The van der Waals surface area contributed by atoms with Crippen LogP contribution >= 0.6 is 15.9 Å². The van der Waals surface area contributed by atoms with Crippen molar-refractivity contribution >= 4 is 33.0 Å². The largest absolute Gasteiger partial charge is 0.481 e. The molecule has 3 rings (SSSR count). The van der Waals surface area contributed by atoms with Gasteiger partial charge in [-0.2, -0.15) is 0 Å². The molecule has 0 unspecified atom stereocenters. The van der Waals surface area contributed by atoms with Crippen LogP contribution in [0.1, 0.15) is 38.0 Å². The van der Waals surface area contributed by atoms with E-state index < -0.39 is 5.97 Å². The fourth-order valence-electron chi connectivity index (χ4n) is 3.21. The lowest BCUT2D eigenvalue weighted by Crippen LogP contribution is -2.23. The number of oxazole rings is 1. The lowest BCUT2D eigenvalue weighted by atomic mass is 9.79. The molecule has 1 aromatic heterocycles. The maximum atomic E-state index is 11.1. The van der Waals surface area contributed by atoms with Crippen molar-refractivity contribution in [1.29, 1.82) is 0 Å². The van der Waals surface area contributed by atoms with Crippen LogP contribution < -0.4 is 0 Å². The second-order valence-corrected chi connectivity index (χ2v) is 6.59. The minimum atomic E-state index is -0.731. The van der Waals surface area contributed by atoms with Gasteiger partial charge in [0.1, 0.15) is 5.52 Å². The Hall–Kier alpha value is -1.36. The number of carbonyl (C=O) groups is 1. The number of hydrogen-bond donors (Lipinski definition) is 1. The van der Waals surface area contributed by atoms with Gasteiger partial charge in [-0.3, -0.25) is 4.79 Å². The van der Waals surface area contributed by atoms with Crippen molar-refractivity contribution in [3.8, 4) is 0 Å². The van der Waals surface area contributed by atoms with Gasteiger partial charge in [0, 0.05) is 10.9 Å². The first-order valence-electron chi connectivity index (χ1n) is 6.83.